The summed E-state index contributed by atoms with van der Waals surface area (Å²) in [6, 6.07) is 0. The first-order valence-electron chi connectivity index (χ1n) is 4.95. The Morgan fingerprint density at radius 2 is 2.07 bits per heavy atom. The van der Waals surface area contributed by atoms with Crippen LogP contribution in [0.25, 0.3) is 0 Å². The lowest BCUT2D eigenvalue weighted by Crippen LogP contribution is -2.20. The number of nitrogens with zero attached hydrogens (tertiary/aromatic N) is 1. The first-order chi connectivity index (χ1) is 6.56. The standard InChI is InChI=1S/C11H21NO2/c1-10(2)7-9-12(3)8-5-6-11(13)14-4/h7H,5-6,8-9H2,1-4H3. The van der Waals surface area contributed by atoms with Gasteiger partial charge in [-0.05, 0) is 33.9 Å². The van der Waals surface area contributed by atoms with Gasteiger partial charge in [0.05, 0.1) is 7.11 Å². The minimum Gasteiger partial charge on any atom is -0.469 e. The molecule has 0 saturated heterocycles. The van der Waals surface area contributed by atoms with Gasteiger partial charge in [0.25, 0.3) is 0 Å². The molecule has 0 fully saturated rings. The van der Waals surface area contributed by atoms with Crippen molar-refractivity contribution in [3.05, 3.63) is 11.6 Å². The lowest BCUT2D eigenvalue weighted by molar-refractivity contribution is -0.140. The van der Waals surface area contributed by atoms with E-state index < -0.39 is 0 Å². The maximum absolute atomic E-state index is 10.8. The van der Waals surface area contributed by atoms with Crippen molar-refractivity contribution in [3.8, 4) is 0 Å². The fourth-order valence-corrected chi connectivity index (χ4v) is 1.03. The van der Waals surface area contributed by atoms with E-state index in [1.54, 1.807) is 0 Å². The number of methoxy groups -OCH3 is 1. The summed E-state index contributed by atoms with van der Waals surface area (Å²) in [7, 11) is 3.48. The highest BCUT2D eigenvalue weighted by Gasteiger charge is 2.01. The van der Waals surface area contributed by atoms with Crippen molar-refractivity contribution >= 4 is 5.97 Å². The van der Waals surface area contributed by atoms with Crippen LogP contribution < -0.4 is 0 Å². The Morgan fingerprint density at radius 1 is 1.43 bits per heavy atom. The third-order valence-corrected chi connectivity index (χ3v) is 1.96. The third kappa shape index (κ3) is 7.80. The maximum Gasteiger partial charge on any atom is 0.305 e. The molecule has 82 valence electrons. The highest BCUT2D eigenvalue weighted by Crippen LogP contribution is 1.96. The molecule has 0 unspecified atom stereocenters. The zero-order valence-electron chi connectivity index (χ0n) is 9.67. The molecule has 0 atom stereocenters. The highest BCUT2D eigenvalue weighted by atomic mass is 16.5. The van der Waals surface area contributed by atoms with Crippen LogP contribution in [0.15, 0.2) is 11.6 Å². The van der Waals surface area contributed by atoms with E-state index in [-0.39, 0.29) is 5.97 Å². The van der Waals surface area contributed by atoms with Crippen LogP contribution in [-0.2, 0) is 9.53 Å². The molecule has 0 aromatic rings. The second kappa shape index (κ2) is 7.56. The zero-order valence-corrected chi connectivity index (χ0v) is 9.67. The normalized spacial score (nSPS) is 10.1. The molecule has 0 aromatic heterocycles. The lowest BCUT2D eigenvalue weighted by atomic mass is 10.3. The Morgan fingerprint density at radius 3 is 2.57 bits per heavy atom. The molecule has 0 aliphatic heterocycles. The summed E-state index contributed by atoms with van der Waals surface area (Å²) in [5.41, 5.74) is 1.32. The van der Waals surface area contributed by atoms with Crippen LogP contribution in [0.2, 0.25) is 0 Å². The summed E-state index contributed by atoms with van der Waals surface area (Å²) in [6.45, 7) is 6.05. The monoisotopic (exact) mass is 199 g/mol. The second-order valence-electron chi connectivity index (χ2n) is 3.72. The fraction of sp³-hybridized carbons (Fsp3) is 0.727. The first-order valence-corrected chi connectivity index (χ1v) is 4.95. The van der Waals surface area contributed by atoms with Crippen molar-refractivity contribution in [1.82, 2.24) is 4.90 Å². The average molecular weight is 199 g/mol. The Labute approximate surface area is 86.7 Å². The molecule has 0 aliphatic carbocycles. The van der Waals surface area contributed by atoms with Crippen molar-refractivity contribution in [2.24, 2.45) is 0 Å². The van der Waals surface area contributed by atoms with E-state index in [4.69, 9.17) is 0 Å². The van der Waals surface area contributed by atoms with E-state index in [0.717, 1.165) is 19.5 Å². The van der Waals surface area contributed by atoms with E-state index in [1.165, 1.54) is 12.7 Å². The molecule has 3 nitrogen and oxygen atoms in total. The van der Waals surface area contributed by atoms with Crippen LogP contribution in [0.1, 0.15) is 26.7 Å². The fourth-order valence-electron chi connectivity index (χ4n) is 1.03. The van der Waals surface area contributed by atoms with E-state index in [2.05, 4.69) is 36.6 Å². The summed E-state index contributed by atoms with van der Waals surface area (Å²) in [5.74, 6) is -0.124. The molecular formula is C11H21NO2. The molecule has 0 radical (unpaired) electrons. The number of allylic oxidation sites excluding steroid dienone is 1. The van der Waals surface area contributed by atoms with Gasteiger partial charge in [-0.3, -0.25) is 4.79 Å². The third-order valence-electron chi connectivity index (χ3n) is 1.96. The maximum atomic E-state index is 10.8. The molecule has 0 rings (SSSR count). The number of hydrogen-bond acceptors (Lipinski definition) is 3. The van der Waals surface area contributed by atoms with Gasteiger partial charge in [0.1, 0.15) is 0 Å². The lowest BCUT2D eigenvalue weighted by Gasteiger charge is -2.13. The summed E-state index contributed by atoms with van der Waals surface area (Å²) >= 11 is 0. The molecule has 0 heterocycles. The SMILES string of the molecule is COC(=O)CCCN(C)CC=C(C)C. The summed E-state index contributed by atoms with van der Waals surface area (Å²) < 4.78 is 4.56. The quantitative estimate of drug-likeness (QED) is 0.483. The van der Waals surface area contributed by atoms with Gasteiger partial charge in [0, 0.05) is 13.0 Å². The molecule has 0 saturated carbocycles. The Hall–Kier alpha value is -0.830. The Kier molecular flexibility index (Phi) is 7.11. The minimum absolute atomic E-state index is 0.124. The van der Waals surface area contributed by atoms with Crippen molar-refractivity contribution in [3.63, 3.8) is 0 Å². The van der Waals surface area contributed by atoms with Gasteiger partial charge in [-0.1, -0.05) is 11.6 Å². The second-order valence-corrected chi connectivity index (χ2v) is 3.72. The number of carbonyl (C=O) groups excluding carboxylic acids is 1. The molecular weight excluding hydrogens is 178 g/mol. The van der Waals surface area contributed by atoms with Crippen LogP contribution in [-0.4, -0.2) is 38.1 Å². The van der Waals surface area contributed by atoms with Crippen molar-refractivity contribution in [1.29, 1.82) is 0 Å². The molecule has 14 heavy (non-hydrogen) atoms. The topological polar surface area (TPSA) is 29.5 Å². The smallest absolute Gasteiger partial charge is 0.305 e. The molecule has 0 spiro atoms. The van der Waals surface area contributed by atoms with Crippen LogP contribution in [0, 0.1) is 0 Å². The largest absolute Gasteiger partial charge is 0.469 e. The Bertz CT molecular complexity index is 195. The molecule has 3 heteroatoms. The summed E-state index contributed by atoms with van der Waals surface area (Å²) in [6.07, 6.45) is 3.55. The van der Waals surface area contributed by atoms with Crippen molar-refractivity contribution in [2.45, 2.75) is 26.7 Å². The van der Waals surface area contributed by atoms with Gasteiger partial charge in [-0.25, -0.2) is 0 Å². The van der Waals surface area contributed by atoms with Gasteiger partial charge >= 0.3 is 5.97 Å². The van der Waals surface area contributed by atoms with Crippen molar-refractivity contribution in [2.75, 3.05) is 27.2 Å². The van der Waals surface area contributed by atoms with Gasteiger partial charge < -0.3 is 9.64 Å². The summed E-state index contributed by atoms with van der Waals surface area (Å²) in [5, 5.41) is 0. The molecule has 0 aromatic carbocycles. The predicted octanol–water partition coefficient (Wildman–Crippen LogP) is 1.84. The number of ether oxygens (including phenoxy) is 1. The van der Waals surface area contributed by atoms with Gasteiger partial charge in [-0.15, -0.1) is 0 Å². The van der Waals surface area contributed by atoms with Crippen LogP contribution >= 0.6 is 0 Å². The summed E-state index contributed by atoms with van der Waals surface area (Å²) in [4.78, 5) is 13.0. The molecule has 0 amide bonds. The minimum atomic E-state index is -0.124. The number of likely N-dealkylation sites (N-methyl/N-ethyl adjacent to an activating group) is 1. The number of rotatable bonds is 6. The van der Waals surface area contributed by atoms with Gasteiger partial charge in [0.2, 0.25) is 0 Å². The van der Waals surface area contributed by atoms with E-state index in [1.807, 2.05) is 0 Å². The number of hydrogen-bond donors (Lipinski definition) is 0. The number of carbonyl (C=O) groups is 1. The number of esters is 1. The predicted molar refractivity (Wildman–Crippen MR) is 58.2 cm³/mol. The van der Waals surface area contributed by atoms with Crippen LogP contribution in [0.5, 0.6) is 0 Å². The highest BCUT2D eigenvalue weighted by molar-refractivity contribution is 5.69. The van der Waals surface area contributed by atoms with Crippen LogP contribution in [0.4, 0.5) is 0 Å². The molecule has 0 N–H and O–H groups in total. The van der Waals surface area contributed by atoms with E-state index in [9.17, 15) is 4.79 Å². The average Bonchev–Trinajstić information content (AvgIpc) is 2.14. The molecule has 0 aliphatic rings. The Balaban J connectivity index is 3.49. The van der Waals surface area contributed by atoms with E-state index >= 15 is 0 Å². The van der Waals surface area contributed by atoms with Gasteiger partial charge in [-0.2, -0.15) is 0 Å². The van der Waals surface area contributed by atoms with Crippen molar-refractivity contribution < 1.29 is 9.53 Å². The van der Waals surface area contributed by atoms with E-state index in [0.29, 0.717) is 6.42 Å². The van der Waals surface area contributed by atoms with Gasteiger partial charge in [0.15, 0.2) is 0 Å². The zero-order chi connectivity index (χ0) is 11.0. The first kappa shape index (κ1) is 13.2. The van der Waals surface area contributed by atoms with Crippen LogP contribution in [0.3, 0.4) is 0 Å². The molecule has 0 bridgehead atoms.